The summed E-state index contributed by atoms with van der Waals surface area (Å²) in [5.41, 5.74) is 10.1. The van der Waals surface area contributed by atoms with Crippen LogP contribution < -0.4 is 43.0 Å². The van der Waals surface area contributed by atoms with Gasteiger partial charge < -0.3 is 67.9 Å². The van der Waals surface area contributed by atoms with E-state index in [0.29, 0.717) is 42.8 Å². The van der Waals surface area contributed by atoms with Crippen LogP contribution in [0.3, 0.4) is 0 Å². The molecule has 424 valence electrons. The minimum atomic E-state index is -1.25. The van der Waals surface area contributed by atoms with Crippen molar-refractivity contribution in [1.29, 1.82) is 0 Å². The number of nitrogens with one attached hydrogen (secondary N) is 10. The topological polar surface area (TPSA) is 343 Å². The molecule has 4 heterocycles. The maximum Gasteiger partial charge on any atom is 0.245 e. The van der Waals surface area contributed by atoms with Crippen molar-refractivity contribution in [1.82, 2.24) is 67.0 Å². The van der Waals surface area contributed by atoms with E-state index in [1.807, 2.05) is 54.6 Å². The number of carbonyl (C=O) groups excluding carboxylic acids is 8. The molecule has 0 aliphatic carbocycles. The number of para-hydroxylation sites is 1. The Morgan fingerprint density at radius 1 is 0.637 bits per heavy atom. The van der Waals surface area contributed by atoms with E-state index in [2.05, 4.69) is 62.1 Å². The van der Waals surface area contributed by atoms with Crippen LogP contribution in [-0.2, 0) is 70.5 Å². The average Bonchev–Trinajstić information content (AvgIpc) is 4.31. The predicted molar refractivity (Wildman–Crippen MR) is 297 cm³/mol. The van der Waals surface area contributed by atoms with Crippen LogP contribution in [0.25, 0.3) is 10.9 Å². The molecule has 23 nitrogen and oxygen atoms in total. The van der Waals surface area contributed by atoms with Crippen LogP contribution in [0.15, 0.2) is 110 Å². The lowest BCUT2D eigenvalue weighted by molar-refractivity contribution is -0.138. The highest BCUT2D eigenvalue weighted by molar-refractivity contribution is 5.97. The zero-order chi connectivity index (χ0) is 57.3. The molecule has 1 aliphatic heterocycles. The third-order valence-electron chi connectivity index (χ3n) is 14.2. The highest BCUT2D eigenvalue weighted by Gasteiger charge is 2.37. The summed E-state index contributed by atoms with van der Waals surface area (Å²) in [5, 5.41) is 30.3. The zero-order valence-electron chi connectivity index (χ0n) is 45.3. The molecule has 8 atom stereocenters. The summed E-state index contributed by atoms with van der Waals surface area (Å²) in [6.45, 7) is 6.92. The molecule has 1 aliphatic rings. The van der Waals surface area contributed by atoms with Crippen LogP contribution in [-0.4, -0.2) is 144 Å². The van der Waals surface area contributed by atoms with E-state index in [0.717, 1.165) is 22.0 Å². The predicted octanol–water partition coefficient (Wildman–Crippen LogP) is 1.26. The quantitative estimate of drug-likeness (QED) is 0.0331. The number of aromatic amines is 3. The maximum atomic E-state index is 14.4. The highest BCUT2D eigenvalue weighted by atomic mass is 16.3. The second kappa shape index (κ2) is 28.1. The number of benzene rings is 3. The SMILES string of the molecule is CC(C)[C@H](NC(=O)[C@H](C)NC(=O)[C@H](Cc1c[nH]c2ccccc12)NC(=O)[C@H](Cc1cnc[nH]1)NC(=O)CCc1ccccc1)C(=O)N[C@H](C)C(=O)N[C@@H](Cc1cnc[nH]1)C(=O)N1CCC[C@@H]1CN[C@@H](Cc1ccc(O)cc1)C(N)=O. The van der Waals surface area contributed by atoms with E-state index >= 15 is 0 Å². The number of aryl methyl sites for hydroxylation is 1. The molecule has 0 radical (unpaired) electrons. The second-order valence-electron chi connectivity index (χ2n) is 20.6. The largest absolute Gasteiger partial charge is 0.508 e. The van der Waals surface area contributed by atoms with Gasteiger partial charge in [0.2, 0.25) is 47.3 Å². The van der Waals surface area contributed by atoms with Crippen molar-refractivity contribution in [2.24, 2.45) is 11.7 Å². The summed E-state index contributed by atoms with van der Waals surface area (Å²) < 4.78 is 0. The number of carbonyl (C=O) groups is 8. The Bertz CT molecular complexity index is 3040. The normalized spacial score (nSPS) is 15.9. The molecule has 0 bridgehead atoms. The molecular formula is C57H72N14O9. The summed E-state index contributed by atoms with van der Waals surface area (Å²) in [6, 6.07) is 15.2. The number of hydrogen-bond acceptors (Lipinski definition) is 12. The third-order valence-corrected chi connectivity index (χ3v) is 14.2. The van der Waals surface area contributed by atoms with Gasteiger partial charge in [0.25, 0.3) is 0 Å². The van der Waals surface area contributed by atoms with Gasteiger partial charge >= 0.3 is 0 Å². The Balaban J connectivity index is 0.980. The molecule has 0 spiro atoms. The van der Waals surface area contributed by atoms with E-state index in [9.17, 15) is 43.5 Å². The van der Waals surface area contributed by atoms with Crippen LogP contribution in [0, 0.1) is 5.92 Å². The number of phenols is 1. The summed E-state index contributed by atoms with van der Waals surface area (Å²) in [6.07, 6.45) is 9.90. The zero-order valence-corrected chi connectivity index (χ0v) is 45.3. The van der Waals surface area contributed by atoms with Gasteiger partial charge in [-0.1, -0.05) is 74.5 Å². The monoisotopic (exact) mass is 1100 g/mol. The number of H-pyrrole nitrogens is 3. The van der Waals surface area contributed by atoms with Crippen molar-refractivity contribution in [3.05, 3.63) is 138 Å². The standard InChI is InChI=1S/C57H72N14O9/c1-33(2)50(56(79)66-34(3)52(75)69-48(26-40-29-60-32-64-40)57(80)71-22-10-13-41(71)30-62-45(51(58)74)23-37-16-19-42(72)20-17-37)70-53(76)35(4)65-54(77)46(24-38-27-61-44-15-9-8-14-43(38)44)68-55(78)47(25-39-28-59-31-63-39)67-49(73)21-18-36-11-6-5-7-12-36/h5-9,11-12,14-17,19-20,27-29,31-35,41,45-48,50,61-62,72H,10,13,18,21-26,30H2,1-4H3,(H2,58,74)(H,59,63)(H,60,64)(H,65,77)(H,66,79)(H,67,73)(H,68,78)(H,69,75)(H,70,76)/t34-,35+,41-,45+,46+,47+,48+,50+/m1/s1. The first kappa shape index (κ1) is 58.8. The van der Waals surface area contributed by atoms with Crippen LogP contribution in [0.4, 0.5) is 0 Å². The Morgan fingerprint density at radius 3 is 1.89 bits per heavy atom. The lowest BCUT2D eigenvalue weighted by Crippen LogP contribution is -2.60. The van der Waals surface area contributed by atoms with E-state index in [1.165, 1.54) is 51.0 Å². The summed E-state index contributed by atoms with van der Waals surface area (Å²) >= 11 is 0. The van der Waals surface area contributed by atoms with Crippen molar-refractivity contribution in [3.63, 3.8) is 0 Å². The fraction of sp³-hybridized carbons (Fsp3) is 0.404. The summed E-state index contributed by atoms with van der Waals surface area (Å²) in [4.78, 5) is 130. The van der Waals surface area contributed by atoms with E-state index in [1.54, 1.807) is 37.1 Å². The average molecular weight is 1100 g/mol. The van der Waals surface area contributed by atoms with Crippen molar-refractivity contribution in [2.75, 3.05) is 13.1 Å². The molecule has 7 rings (SSSR count). The Morgan fingerprint density at radius 2 is 1.24 bits per heavy atom. The second-order valence-corrected chi connectivity index (χ2v) is 20.6. The third kappa shape index (κ3) is 16.6. The number of rotatable bonds is 28. The van der Waals surface area contributed by atoms with Crippen LogP contribution in [0.2, 0.25) is 0 Å². The van der Waals surface area contributed by atoms with Crippen LogP contribution >= 0.6 is 0 Å². The molecule has 80 heavy (non-hydrogen) atoms. The number of phenolic OH excluding ortho intramolecular Hbond substituents is 1. The molecule has 3 aromatic carbocycles. The van der Waals surface area contributed by atoms with Gasteiger partial charge in [-0.05, 0) is 80.3 Å². The number of nitrogens with two attached hydrogens (primary N) is 1. The molecule has 0 saturated carbocycles. The van der Waals surface area contributed by atoms with Crippen molar-refractivity contribution >= 4 is 58.2 Å². The van der Waals surface area contributed by atoms with Gasteiger partial charge in [0.15, 0.2) is 0 Å². The molecule has 0 unspecified atom stereocenters. The lowest BCUT2D eigenvalue weighted by atomic mass is 10.0. The van der Waals surface area contributed by atoms with Crippen molar-refractivity contribution in [3.8, 4) is 5.75 Å². The van der Waals surface area contributed by atoms with Crippen molar-refractivity contribution in [2.45, 2.75) is 127 Å². The number of fused-ring (bicyclic) bond motifs is 1. The molecule has 1 saturated heterocycles. The number of aromatic nitrogens is 5. The summed E-state index contributed by atoms with van der Waals surface area (Å²) in [5.74, 6) is -5.23. The molecule has 1 fully saturated rings. The maximum absolute atomic E-state index is 14.4. The first-order valence-electron chi connectivity index (χ1n) is 26.9. The molecule has 13 N–H and O–H groups in total. The number of nitrogens with zero attached hydrogens (tertiary/aromatic N) is 3. The Hall–Kier alpha value is -8.86. The molecule has 8 amide bonds. The molecule has 23 heteroatoms. The van der Waals surface area contributed by atoms with Gasteiger partial charge in [0.1, 0.15) is 42.0 Å². The lowest BCUT2D eigenvalue weighted by Gasteiger charge is -2.31. The fourth-order valence-corrected chi connectivity index (χ4v) is 9.63. The number of imidazole rings is 2. The Kier molecular flexibility index (Phi) is 20.7. The minimum absolute atomic E-state index is 0.00377. The van der Waals surface area contributed by atoms with Gasteiger partial charge in [0, 0.05) is 85.7 Å². The molecule has 6 aromatic rings. The molecular weight excluding hydrogens is 1020 g/mol. The number of likely N-dealkylation sites (tertiary alicyclic amines) is 1. The van der Waals surface area contributed by atoms with Crippen LogP contribution in [0.5, 0.6) is 5.75 Å². The van der Waals surface area contributed by atoms with Crippen molar-refractivity contribution < 1.29 is 43.5 Å². The fourth-order valence-electron chi connectivity index (χ4n) is 9.63. The number of amides is 8. The highest BCUT2D eigenvalue weighted by Crippen LogP contribution is 2.22. The number of hydrogen-bond donors (Lipinski definition) is 12. The van der Waals surface area contributed by atoms with Gasteiger partial charge in [-0.15, -0.1) is 0 Å². The van der Waals surface area contributed by atoms with Gasteiger partial charge in [0.05, 0.1) is 18.7 Å². The minimum Gasteiger partial charge on any atom is -0.508 e. The summed E-state index contributed by atoms with van der Waals surface area (Å²) in [7, 11) is 0. The van der Waals surface area contributed by atoms with Crippen LogP contribution in [0.1, 0.15) is 75.0 Å². The first-order chi connectivity index (χ1) is 38.4. The number of aromatic hydroxyl groups is 1. The van der Waals surface area contributed by atoms with E-state index in [4.69, 9.17) is 5.73 Å². The Labute approximate surface area is 463 Å². The molecule has 3 aromatic heterocycles. The smallest absolute Gasteiger partial charge is 0.245 e. The first-order valence-corrected chi connectivity index (χ1v) is 26.9. The van der Waals surface area contributed by atoms with Gasteiger partial charge in [-0.2, -0.15) is 0 Å². The van der Waals surface area contributed by atoms with Gasteiger partial charge in [-0.3, -0.25) is 38.4 Å². The van der Waals surface area contributed by atoms with Gasteiger partial charge in [-0.25, -0.2) is 9.97 Å². The van der Waals surface area contributed by atoms with E-state index in [-0.39, 0.29) is 62.3 Å². The van der Waals surface area contributed by atoms with E-state index < -0.39 is 83.7 Å². The number of primary amides is 1.